The number of amides is 17. The summed E-state index contributed by atoms with van der Waals surface area (Å²) in [6, 6.07) is -8.18. The van der Waals surface area contributed by atoms with Crippen molar-refractivity contribution in [2.75, 3.05) is 26.2 Å². The molecular weight excluding hydrogens is 1550 g/mol. The zero-order chi connectivity index (χ0) is 89.4. The van der Waals surface area contributed by atoms with Crippen LogP contribution in [0.1, 0.15) is 198 Å². The first-order valence-electron chi connectivity index (χ1n) is 40.6. The zero-order valence-corrected chi connectivity index (χ0v) is 70.5. The van der Waals surface area contributed by atoms with Gasteiger partial charge in [0, 0.05) is 33.0 Å². The lowest BCUT2D eigenvalue weighted by Gasteiger charge is -2.34. The Balaban J connectivity index is 2.08. The average Bonchev–Trinajstić information content (AvgIpc) is 1.00. The van der Waals surface area contributed by atoms with Crippen molar-refractivity contribution in [2.24, 2.45) is 45.9 Å². The Labute approximate surface area is 694 Å². The molecule has 23 N–H and O–H groups in total. The summed E-state index contributed by atoms with van der Waals surface area (Å²) in [7, 11) is 0. The molecule has 2 aliphatic rings. The molecule has 0 spiro atoms. The predicted octanol–water partition coefficient (Wildman–Crippen LogP) is -2.43. The van der Waals surface area contributed by atoms with Gasteiger partial charge in [-0.15, -0.1) is 0 Å². The van der Waals surface area contributed by atoms with Crippen LogP contribution < -0.4 is 102 Å². The number of aliphatic carboxylic acids is 1. The highest BCUT2D eigenvalue weighted by Crippen LogP contribution is 2.22. The molecule has 0 bridgehead atoms. The van der Waals surface area contributed by atoms with E-state index in [2.05, 4.69) is 96.6 Å². The fourth-order valence-corrected chi connectivity index (χ4v) is 13.0. The summed E-state index contributed by atoms with van der Waals surface area (Å²) in [5.74, 6) is -18.9. The van der Waals surface area contributed by atoms with Crippen LogP contribution in [-0.2, 0) is 92.7 Å². The second kappa shape index (κ2) is 50.9. The molecule has 1 aromatic rings. The van der Waals surface area contributed by atoms with Crippen molar-refractivity contribution < 1.29 is 91.4 Å². The smallest absolute Gasteiger partial charge is 0.305 e. The number of allylic oxidation sites excluding steroid dienone is 2. The highest BCUT2D eigenvalue weighted by Gasteiger charge is 2.43. The van der Waals surface area contributed by atoms with Crippen LogP contribution in [0.2, 0.25) is 0 Å². The van der Waals surface area contributed by atoms with E-state index in [0.29, 0.717) is 31.2 Å². The number of primary amides is 1. The molecule has 1 saturated heterocycles. The molecule has 0 radical (unpaired) electrons. The van der Waals surface area contributed by atoms with Crippen molar-refractivity contribution in [1.82, 2.24) is 85.1 Å². The van der Waals surface area contributed by atoms with Gasteiger partial charge in [0.2, 0.25) is 100 Å². The van der Waals surface area contributed by atoms with Gasteiger partial charge in [-0.3, -0.25) is 91.3 Å². The first kappa shape index (κ1) is 102. The van der Waals surface area contributed by atoms with Gasteiger partial charge in [0.15, 0.2) is 5.96 Å². The molecule has 1 unspecified atom stereocenters. The molecule has 0 saturated carbocycles. The minimum absolute atomic E-state index is 0.0244. The van der Waals surface area contributed by atoms with Crippen LogP contribution in [0.4, 0.5) is 0 Å². The van der Waals surface area contributed by atoms with Crippen molar-refractivity contribution >= 4 is 112 Å². The lowest BCUT2D eigenvalue weighted by Crippen LogP contribution is -2.65. The maximum Gasteiger partial charge on any atom is 0.305 e. The van der Waals surface area contributed by atoms with E-state index in [1.807, 2.05) is 12.2 Å². The number of hydrogen-bond acceptors (Lipinski definition) is 19. The zero-order valence-electron chi connectivity index (χ0n) is 70.5. The monoisotopic (exact) mass is 1670 g/mol. The van der Waals surface area contributed by atoms with E-state index < -0.39 is 222 Å². The van der Waals surface area contributed by atoms with E-state index in [1.54, 1.807) is 85.7 Å². The van der Waals surface area contributed by atoms with E-state index in [9.17, 15) is 86.6 Å². The third-order valence-corrected chi connectivity index (χ3v) is 20.3. The van der Waals surface area contributed by atoms with E-state index in [0.717, 1.165) is 6.08 Å². The number of rotatable bonds is 31. The van der Waals surface area contributed by atoms with E-state index in [-0.39, 0.29) is 108 Å². The van der Waals surface area contributed by atoms with Crippen LogP contribution in [0.3, 0.4) is 0 Å². The molecule has 2 heterocycles. The SMILES string of the molecule is C=CC(=O)NCC1NC(=O)[C@@](C)(NC(C)=O)CCC/C=C/CCC[C@@](C)(C(=O)N[C@@H](CC(C)C)C(=O)N[C@@H](CC(C)C)C(=O)N[C@@H](CCCN=C(N)N)C(=O)N[C@H]2CCCCNC(=O)C[C@@H](C(=O)N[C@@H](Cc3ccccc3)C(N)=O)NC(=O)[C@H](CC(=O)O)NC(=O)CNC(=O)[C@H]([C@@H](C)CC)NC2=O)NC(=O)[C@H](C)NC(=O)[C@H]([C@@H](C)CC)NC1=O. The number of carbonyl (C=O) groups excluding carboxylic acids is 17. The van der Waals surface area contributed by atoms with Crippen LogP contribution in [0.25, 0.3) is 0 Å². The molecule has 0 aromatic heterocycles. The predicted molar refractivity (Wildman–Crippen MR) is 440 cm³/mol. The number of nitrogens with one attached hydrogen (secondary N) is 16. The van der Waals surface area contributed by atoms with Gasteiger partial charge in [0.25, 0.3) is 0 Å². The van der Waals surface area contributed by atoms with Gasteiger partial charge < -0.3 is 107 Å². The quantitative estimate of drug-likeness (QED) is 0.0121. The molecule has 39 heteroatoms. The van der Waals surface area contributed by atoms with Crippen molar-refractivity contribution in [3.8, 4) is 0 Å². The fourth-order valence-electron chi connectivity index (χ4n) is 13.0. The summed E-state index contributed by atoms with van der Waals surface area (Å²) in [5, 5.41) is 51.4. The molecule has 39 nitrogen and oxygen atoms in total. The van der Waals surface area contributed by atoms with Gasteiger partial charge in [0.05, 0.1) is 19.4 Å². The third kappa shape index (κ3) is 36.5. The van der Waals surface area contributed by atoms with Gasteiger partial charge in [-0.05, 0) is 140 Å². The van der Waals surface area contributed by atoms with E-state index in [1.165, 1.54) is 27.7 Å². The molecule has 1 aromatic carbocycles. The van der Waals surface area contributed by atoms with Crippen molar-refractivity contribution in [3.63, 3.8) is 0 Å². The second-order valence-corrected chi connectivity index (χ2v) is 31.7. The van der Waals surface area contributed by atoms with Gasteiger partial charge >= 0.3 is 5.97 Å². The third-order valence-electron chi connectivity index (χ3n) is 20.3. The standard InChI is InChI=1S/C80H128N20O19/c1-14-46(8)63-74(116)87-43-61(104)89-57(41-62(105)106)72(114)94-56(71(113)92-53(65(81)107)39-50-29-22-21-23-30-50)40-60(103)84-35-27-24-31-51(68(110)97-63)90-67(109)52(32-28-36-85-78(82)83)91-69(111)54(37-44(4)5)93-70(112)55(38-45(6)7)95-77(119)80(13)34-26-20-18-17-19-25-33-79(12,99-49(11)101)76(118)96-58(42-86-59(102)16-3)73(115)98-64(47(9)15-2)75(117)88-48(10)66(108)100-80/h16-18,21-23,29-30,44-48,51-58,63-64H,3,14-15,19-20,24-28,31-43H2,1-2,4-13H3,(H2,81,107)(H,84,103)(H,86,102)(H,87,116)(H,88,117)(H,89,104)(H,90,109)(H,91,111)(H,92,113)(H,93,112)(H,94,114)(H,95,119)(H,96,118)(H,97,110)(H,98,115)(H,99,101)(H,100,108)(H,105,106)(H4,82,83,85)/b18-17+/t46-,47-,48-,51-,52-,53-,54-,55-,56-,57-,58?,63-,64-,79-,80-/m0/s1. The Bertz CT molecular complexity index is 3780. The number of nitrogens with two attached hydrogens (primary N) is 3. The minimum atomic E-state index is -1.91. The van der Waals surface area contributed by atoms with E-state index in [4.69, 9.17) is 17.2 Å². The number of carboxylic acids is 1. The van der Waals surface area contributed by atoms with Crippen LogP contribution in [0, 0.1) is 23.7 Å². The number of aliphatic imine (C=N–C) groups is 1. The largest absolute Gasteiger partial charge is 0.481 e. The summed E-state index contributed by atoms with van der Waals surface area (Å²) in [4.78, 5) is 255. The van der Waals surface area contributed by atoms with Crippen LogP contribution in [0.15, 0.2) is 60.1 Å². The topological polar surface area (TPSA) is 610 Å². The van der Waals surface area contributed by atoms with Crippen LogP contribution in [-0.4, -0.2) is 221 Å². The Morgan fingerprint density at radius 3 is 1.79 bits per heavy atom. The number of guanidine groups is 1. The van der Waals surface area contributed by atoms with Gasteiger partial charge in [0.1, 0.15) is 77.5 Å². The number of carboxylic acid groups (broad SMARTS) is 1. The maximum absolute atomic E-state index is 15.1. The molecule has 17 amide bonds. The lowest BCUT2D eigenvalue weighted by molar-refractivity contribution is -0.141. The second-order valence-electron chi connectivity index (χ2n) is 31.7. The van der Waals surface area contributed by atoms with Gasteiger partial charge in [-0.2, -0.15) is 0 Å². The molecule has 0 aliphatic carbocycles. The molecule has 2 aliphatic heterocycles. The number of nitrogens with zero attached hydrogens (tertiary/aromatic N) is 1. The molecule has 662 valence electrons. The Hall–Kier alpha value is -11.6. The number of hydrogen-bond donors (Lipinski definition) is 20. The molecule has 3 rings (SSSR count). The molecule has 1 fully saturated rings. The minimum Gasteiger partial charge on any atom is -0.481 e. The highest BCUT2D eigenvalue weighted by atomic mass is 16.4. The Morgan fingerprint density at radius 1 is 0.639 bits per heavy atom. The Morgan fingerprint density at radius 2 is 1.22 bits per heavy atom. The van der Waals surface area contributed by atoms with Crippen molar-refractivity contribution in [2.45, 2.75) is 276 Å². The lowest BCUT2D eigenvalue weighted by atomic mass is 9.91. The first-order valence-corrected chi connectivity index (χ1v) is 40.6. The summed E-state index contributed by atoms with van der Waals surface area (Å²) in [5.41, 5.74) is 14.2. The van der Waals surface area contributed by atoms with Crippen molar-refractivity contribution in [3.05, 3.63) is 60.7 Å². The van der Waals surface area contributed by atoms with Crippen molar-refractivity contribution in [1.29, 1.82) is 0 Å². The highest BCUT2D eigenvalue weighted by molar-refractivity contribution is 6.02. The first-order chi connectivity index (χ1) is 56.0. The molecule has 119 heavy (non-hydrogen) atoms. The van der Waals surface area contributed by atoms with Gasteiger partial charge in [-0.1, -0.05) is 117 Å². The summed E-state index contributed by atoms with van der Waals surface area (Å²) in [6.07, 6.45) is 4.32. The Kier molecular flexibility index (Phi) is 43.5. The number of benzene rings is 1. The maximum atomic E-state index is 15.1. The number of carbonyl (C=O) groups is 18. The fraction of sp³-hybridized carbons (Fsp3) is 0.637. The summed E-state index contributed by atoms with van der Waals surface area (Å²) < 4.78 is 0. The summed E-state index contributed by atoms with van der Waals surface area (Å²) >= 11 is 0. The van der Waals surface area contributed by atoms with Crippen LogP contribution >= 0.6 is 0 Å². The normalized spacial score (nSPS) is 23.9. The van der Waals surface area contributed by atoms with E-state index >= 15 is 4.79 Å². The molecular formula is C80H128N20O19. The van der Waals surface area contributed by atoms with Crippen LogP contribution in [0.5, 0.6) is 0 Å². The van der Waals surface area contributed by atoms with Gasteiger partial charge in [-0.25, -0.2) is 0 Å². The summed E-state index contributed by atoms with van der Waals surface area (Å²) in [6.45, 7) is 21.2. The average molecular weight is 1670 g/mol. The molecule has 15 atom stereocenters.